The van der Waals surface area contributed by atoms with Gasteiger partial charge in [0.25, 0.3) is 5.69 Å². The Morgan fingerprint density at radius 1 is 1.35 bits per heavy atom. The summed E-state index contributed by atoms with van der Waals surface area (Å²) in [5.74, 6) is 0. The van der Waals surface area contributed by atoms with Gasteiger partial charge in [0.1, 0.15) is 0 Å². The highest BCUT2D eigenvalue weighted by Gasteiger charge is 2.23. The van der Waals surface area contributed by atoms with Crippen LogP contribution in [0.1, 0.15) is 0 Å². The van der Waals surface area contributed by atoms with Crippen molar-refractivity contribution in [2.24, 2.45) is 0 Å². The van der Waals surface area contributed by atoms with E-state index in [4.69, 9.17) is 0 Å². The van der Waals surface area contributed by atoms with Crippen LogP contribution in [0.3, 0.4) is 0 Å². The molecular formula is C12H14BrN3O4. The molecule has 0 bridgehead atoms. The number of carbonyl (C=O) groups excluding carboxylic acids is 1. The zero-order valence-electron chi connectivity index (χ0n) is 10.9. The van der Waals surface area contributed by atoms with Gasteiger partial charge < -0.3 is 14.5 Å². The van der Waals surface area contributed by atoms with Gasteiger partial charge in [-0.1, -0.05) is 0 Å². The molecule has 1 aliphatic rings. The first-order valence-corrected chi connectivity index (χ1v) is 6.84. The molecule has 0 unspecified atom stereocenters. The number of methoxy groups -OCH3 is 1. The van der Waals surface area contributed by atoms with Crippen LogP contribution in [-0.4, -0.2) is 49.2 Å². The number of non-ortho nitro benzene ring substituents is 1. The minimum atomic E-state index is -0.427. The van der Waals surface area contributed by atoms with Crippen LogP contribution in [0.5, 0.6) is 0 Å². The van der Waals surface area contributed by atoms with E-state index in [1.54, 1.807) is 11.0 Å². The summed E-state index contributed by atoms with van der Waals surface area (Å²) in [6.45, 7) is 2.45. The van der Waals surface area contributed by atoms with E-state index >= 15 is 0 Å². The van der Waals surface area contributed by atoms with E-state index in [2.05, 4.69) is 25.6 Å². The zero-order chi connectivity index (χ0) is 14.7. The second-order valence-corrected chi connectivity index (χ2v) is 5.19. The number of amides is 1. The molecule has 7 nitrogen and oxygen atoms in total. The number of benzene rings is 1. The predicted octanol–water partition coefficient (Wildman–Crippen LogP) is 2.25. The SMILES string of the molecule is COC(=O)N1CCN(c2ccc([N+](=O)[O-])cc2Br)CC1. The molecule has 2 rings (SSSR count). The number of ether oxygens (including phenoxy) is 1. The number of nitrogens with zero attached hydrogens (tertiary/aromatic N) is 3. The first kappa shape index (κ1) is 14.6. The van der Waals surface area contributed by atoms with Crippen LogP contribution in [0.15, 0.2) is 22.7 Å². The number of hydrogen-bond donors (Lipinski definition) is 0. The largest absolute Gasteiger partial charge is 0.453 e. The van der Waals surface area contributed by atoms with Crippen molar-refractivity contribution in [2.45, 2.75) is 0 Å². The number of nitro groups is 1. The third-order valence-electron chi connectivity index (χ3n) is 3.20. The molecule has 1 heterocycles. The quantitative estimate of drug-likeness (QED) is 0.608. The summed E-state index contributed by atoms with van der Waals surface area (Å²) in [4.78, 5) is 25.4. The van der Waals surface area contributed by atoms with E-state index in [0.717, 1.165) is 5.69 Å². The molecule has 1 amide bonds. The monoisotopic (exact) mass is 343 g/mol. The topological polar surface area (TPSA) is 75.9 Å². The van der Waals surface area contributed by atoms with Gasteiger partial charge in [-0.25, -0.2) is 4.79 Å². The molecule has 0 atom stereocenters. The second-order valence-electron chi connectivity index (χ2n) is 4.34. The molecule has 1 aromatic carbocycles. The fraction of sp³-hybridized carbons (Fsp3) is 0.417. The van der Waals surface area contributed by atoms with E-state index in [1.165, 1.54) is 19.2 Å². The summed E-state index contributed by atoms with van der Waals surface area (Å²) in [5.41, 5.74) is 0.939. The van der Waals surface area contributed by atoms with Crippen molar-refractivity contribution in [3.05, 3.63) is 32.8 Å². The van der Waals surface area contributed by atoms with Gasteiger partial charge in [-0.3, -0.25) is 10.1 Å². The van der Waals surface area contributed by atoms with Crippen molar-refractivity contribution in [3.63, 3.8) is 0 Å². The Hall–Kier alpha value is -1.83. The van der Waals surface area contributed by atoms with E-state index in [-0.39, 0.29) is 11.8 Å². The van der Waals surface area contributed by atoms with E-state index in [1.807, 2.05) is 0 Å². The van der Waals surface area contributed by atoms with Crippen molar-refractivity contribution < 1.29 is 14.5 Å². The van der Waals surface area contributed by atoms with Crippen LogP contribution < -0.4 is 4.90 Å². The molecule has 20 heavy (non-hydrogen) atoms. The summed E-state index contributed by atoms with van der Waals surface area (Å²) in [7, 11) is 1.36. The molecule has 1 fully saturated rings. The fourth-order valence-electron chi connectivity index (χ4n) is 2.12. The highest BCUT2D eigenvalue weighted by molar-refractivity contribution is 9.10. The summed E-state index contributed by atoms with van der Waals surface area (Å²) in [5, 5.41) is 10.7. The van der Waals surface area contributed by atoms with Gasteiger partial charge in [-0.05, 0) is 22.0 Å². The lowest BCUT2D eigenvalue weighted by Gasteiger charge is -2.35. The molecule has 0 saturated carbocycles. The second kappa shape index (κ2) is 6.08. The summed E-state index contributed by atoms with van der Waals surface area (Å²) < 4.78 is 5.36. The molecule has 1 aliphatic heterocycles. The average molecular weight is 344 g/mol. The molecule has 1 saturated heterocycles. The Morgan fingerprint density at radius 2 is 2.00 bits per heavy atom. The lowest BCUT2D eigenvalue weighted by molar-refractivity contribution is -0.384. The Morgan fingerprint density at radius 3 is 2.50 bits per heavy atom. The maximum Gasteiger partial charge on any atom is 0.409 e. The Labute approximate surface area is 124 Å². The maximum absolute atomic E-state index is 11.4. The molecule has 0 spiro atoms. The van der Waals surface area contributed by atoms with E-state index in [0.29, 0.717) is 30.7 Å². The van der Waals surface area contributed by atoms with Crippen molar-refractivity contribution in [1.29, 1.82) is 0 Å². The van der Waals surface area contributed by atoms with Gasteiger partial charge in [0, 0.05) is 42.8 Å². The number of piperazine rings is 1. The van der Waals surface area contributed by atoms with Crippen molar-refractivity contribution in [1.82, 2.24) is 4.90 Å². The highest BCUT2D eigenvalue weighted by Crippen LogP contribution is 2.30. The molecule has 0 radical (unpaired) electrons. The Kier molecular flexibility index (Phi) is 4.43. The van der Waals surface area contributed by atoms with Crippen molar-refractivity contribution in [3.8, 4) is 0 Å². The van der Waals surface area contributed by atoms with Crippen molar-refractivity contribution >= 4 is 33.4 Å². The minimum Gasteiger partial charge on any atom is -0.453 e. The summed E-state index contributed by atoms with van der Waals surface area (Å²) in [6.07, 6.45) is -0.326. The number of anilines is 1. The third kappa shape index (κ3) is 3.01. The van der Waals surface area contributed by atoms with E-state index < -0.39 is 4.92 Å². The number of hydrogen-bond acceptors (Lipinski definition) is 5. The molecule has 0 N–H and O–H groups in total. The highest BCUT2D eigenvalue weighted by atomic mass is 79.9. The first-order valence-electron chi connectivity index (χ1n) is 6.04. The van der Waals surface area contributed by atoms with Gasteiger partial charge in [0.05, 0.1) is 17.7 Å². The van der Waals surface area contributed by atoms with Gasteiger partial charge in [0.15, 0.2) is 0 Å². The summed E-state index contributed by atoms with van der Waals surface area (Å²) >= 11 is 3.36. The average Bonchev–Trinajstić information content (AvgIpc) is 2.46. The van der Waals surface area contributed by atoms with Gasteiger partial charge in [-0.15, -0.1) is 0 Å². The zero-order valence-corrected chi connectivity index (χ0v) is 12.5. The van der Waals surface area contributed by atoms with Crippen LogP contribution in [0.25, 0.3) is 0 Å². The van der Waals surface area contributed by atoms with Crippen molar-refractivity contribution in [2.75, 3.05) is 38.2 Å². The Bertz CT molecular complexity index is 529. The molecule has 1 aromatic rings. The Balaban J connectivity index is 2.07. The number of halogens is 1. The smallest absolute Gasteiger partial charge is 0.409 e. The van der Waals surface area contributed by atoms with Crippen LogP contribution in [0, 0.1) is 10.1 Å². The van der Waals surface area contributed by atoms with Crippen LogP contribution in [-0.2, 0) is 4.74 Å². The van der Waals surface area contributed by atoms with Gasteiger partial charge >= 0.3 is 6.09 Å². The third-order valence-corrected chi connectivity index (χ3v) is 3.83. The lowest BCUT2D eigenvalue weighted by Crippen LogP contribution is -2.48. The lowest BCUT2D eigenvalue weighted by atomic mass is 10.2. The fourth-order valence-corrected chi connectivity index (χ4v) is 2.74. The standard InChI is InChI=1S/C12H14BrN3O4/c1-20-12(17)15-6-4-14(5-7-15)11-3-2-9(16(18)19)8-10(11)13/h2-3,8H,4-7H2,1H3. The predicted molar refractivity (Wildman–Crippen MR) is 77.0 cm³/mol. The molecule has 0 aliphatic carbocycles. The molecule has 0 aromatic heterocycles. The minimum absolute atomic E-state index is 0.0498. The molecule has 108 valence electrons. The molecular weight excluding hydrogens is 330 g/mol. The number of nitro benzene ring substituents is 1. The maximum atomic E-state index is 11.4. The van der Waals surface area contributed by atoms with Crippen LogP contribution >= 0.6 is 15.9 Å². The van der Waals surface area contributed by atoms with Gasteiger partial charge in [0.2, 0.25) is 0 Å². The number of carbonyl (C=O) groups is 1. The number of rotatable bonds is 2. The first-order chi connectivity index (χ1) is 9.52. The van der Waals surface area contributed by atoms with E-state index in [9.17, 15) is 14.9 Å². The molecule has 8 heteroatoms. The van der Waals surface area contributed by atoms with Gasteiger partial charge in [-0.2, -0.15) is 0 Å². The normalized spacial score (nSPS) is 15.1. The van der Waals surface area contributed by atoms with Crippen LogP contribution in [0.2, 0.25) is 0 Å². The van der Waals surface area contributed by atoms with Crippen LogP contribution in [0.4, 0.5) is 16.2 Å². The summed E-state index contributed by atoms with van der Waals surface area (Å²) in [6, 6.07) is 4.69.